The minimum Gasteiger partial charge on any atom is -0.497 e. The van der Waals surface area contributed by atoms with Gasteiger partial charge < -0.3 is 19.9 Å². The van der Waals surface area contributed by atoms with Gasteiger partial charge in [-0.2, -0.15) is 5.10 Å². The fourth-order valence-electron chi connectivity index (χ4n) is 1.96. The van der Waals surface area contributed by atoms with Crippen LogP contribution >= 0.6 is 0 Å². The number of hydrogen-bond acceptors (Lipinski definition) is 5. The van der Waals surface area contributed by atoms with Gasteiger partial charge in [-0.3, -0.25) is 9.48 Å². The second-order valence-electron chi connectivity index (χ2n) is 4.36. The fraction of sp³-hybridized carbons (Fsp3) is 0.214. The van der Waals surface area contributed by atoms with Gasteiger partial charge in [0, 0.05) is 13.1 Å². The Hall–Kier alpha value is -3.03. The molecular weight excluding hydrogens is 290 g/mol. The zero-order valence-corrected chi connectivity index (χ0v) is 12.3. The van der Waals surface area contributed by atoms with E-state index in [4.69, 9.17) is 14.6 Å². The quantitative estimate of drug-likeness (QED) is 0.865. The minimum atomic E-state index is -1.18. The number of methoxy groups -OCH3 is 2. The maximum atomic E-state index is 12.3. The van der Waals surface area contributed by atoms with Crippen LogP contribution in [-0.2, 0) is 7.05 Å². The zero-order chi connectivity index (χ0) is 16.3. The van der Waals surface area contributed by atoms with Gasteiger partial charge >= 0.3 is 5.97 Å². The van der Waals surface area contributed by atoms with Crippen LogP contribution in [0.15, 0.2) is 24.4 Å². The maximum absolute atomic E-state index is 12.3. The number of carbonyl (C=O) groups excluding carboxylic acids is 1. The van der Waals surface area contributed by atoms with Gasteiger partial charge in [-0.15, -0.1) is 0 Å². The van der Waals surface area contributed by atoms with Crippen molar-refractivity contribution >= 4 is 17.6 Å². The van der Waals surface area contributed by atoms with Gasteiger partial charge in [0.15, 0.2) is 5.69 Å². The number of benzene rings is 1. The van der Waals surface area contributed by atoms with Gasteiger partial charge in [-0.1, -0.05) is 0 Å². The van der Waals surface area contributed by atoms with Crippen LogP contribution in [0.2, 0.25) is 0 Å². The minimum absolute atomic E-state index is 0.109. The Bertz CT molecular complexity index is 723. The molecule has 0 fully saturated rings. The first kappa shape index (κ1) is 15.4. The average molecular weight is 305 g/mol. The average Bonchev–Trinajstić information content (AvgIpc) is 2.87. The van der Waals surface area contributed by atoms with Crippen molar-refractivity contribution < 1.29 is 24.2 Å². The van der Waals surface area contributed by atoms with Crippen LogP contribution in [0.4, 0.5) is 5.69 Å². The summed E-state index contributed by atoms with van der Waals surface area (Å²) in [7, 11) is 4.41. The first-order valence-electron chi connectivity index (χ1n) is 6.26. The summed E-state index contributed by atoms with van der Waals surface area (Å²) >= 11 is 0. The Morgan fingerprint density at radius 2 is 2.00 bits per heavy atom. The first-order valence-corrected chi connectivity index (χ1v) is 6.26. The molecule has 1 aromatic heterocycles. The van der Waals surface area contributed by atoms with Gasteiger partial charge in [0.1, 0.15) is 11.5 Å². The van der Waals surface area contributed by atoms with E-state index in [0.29, 0.717) is 11.5 Å². The highest BCUT2D eigenvalue weighted by Gasteiger charge is 2.20. The summed E-state index contributed by atoms with van der Waals surface area (Å²) < 4.78 is 11.4. The molecule has 1 amide bonds. The highest BCUT2D eigenvalue weighted by atomic mass is 16.5. The molecule has 0 saturated carbocycles. The number of carboxylic acid groups (broad SMARTS) is 1. The van der Waals surface area contributed by atoms with E-state index in [1.165, 1.54) is 38.2 Å². The van der Waals surface area contributed by atoms with E-state index < -0.39 is 11.9 Å². The topological polar surface area (TPSA) is 103 Å². The van der Waals surface area contributed by atoms with Crippen molar-refractivity contribution in [2.75, 3.05) is 19.5 Å². The van der Waals surface area contributed by atoms with Crippen molar-refractivity contribution in [1.82, 2.24) is 9.78 Å². The number of anilines is 1. The van der Waals surface area contributed by atoms with Crippen molar-refractivity contribution in [2.24, 2.45) is 7.05 Å². The Kier molecular flexibility index (Phi) is 4.31. The van der Waals surface area contributed by atoms with E-state index in [1.54, 1.807) is 12.1 Å². The number of amides is 1. The lowest BCUT2D eigenvalue weighted by Gasteiger charge is -2.10. The molecule has 1 aromatic carbocycles. The SMILES string of the molecule is COc1ccc(C(=O)Nc2cnn(C)c2C(=O)O)c(OC)c1. The molecule has 22 heavy (non-hydrogen) atoms. The molecule has 0 atom stereocenters. The number of nitrogens with zero attached hydrogens (tertiary/aromatic N) is 2. The van der Waals surface area contributed by atoms with E-state index in [9.17, 15) is 9.59 Å². The lowest BCUT2D eigenvalue weighted by molar-refractivity contribution is 0.0686. The number of ether oxygens (including phenoxy) is 2. The van der Waals surface area contributed by atoms with E-state index in [0.717, 1.165) is 0 Å². The summed E-state index contributed by atoms with van der Waals surface area (Å²) in [4.78, 5) is 23.5. The van der Waals surface area contributed by atoms with Gasteiger partial charge in [-0.25, -0.2) is 4.79 Å². The highest BCUT2D eigenvalue weighted by molar-refractivity contribution is 6.08. The Morgan fingerprint density at radius 3 is 2.59 bits per heavy atom. The largest absolute Gasteiger partial charge is 0.497 e. The van der Waals surface area contributed by atoms with Crippen molar-refractivity contribution in [3.05, 3.63) is 35.7 Å². The second-order valence-corrected chi connectivity index (χ2v) is 4.36. The van der Waals surface area contributed by atoms with Crippen LogP contribution < -0.4 is 14.8 Å². The van der Waals surface area contributed by atoms with Crippen molar-refractivity contribution in [1.29, 1.82) is 0 Å². The van der Waals surface area contributed by atoms with Crippen molar-refractivity contribution in [3.8, 4) is 11.5 Å². The summed E-state index contributed by atoms with van der Waals surface area (Å²) in [5.41, 5.74) is 0.252. The molecule has 2 N–H and O–H groups in total. The predicted octanol–water partition coefficient (Wildman–Crippen LogP) is 1.39. The van der Waals surface area contributed by atoms with Crippen LogP contribution in [0.3, 0.4) is 0 Å². The summed E-state index contributed by atoms with van der Waals surface area (Å²) in [6.07, 6.45) is 1.28. The van der Waals surface area contributed by atoms with E-state index in [2.05, 4.69) is 10.4 Å². The number of carboxylic acids is 1. The lowest BCUT2D eigenvalue weighted by Crippen LogP contribution is -2.16. The van der Waals surface area contributed by atoms with E-state index >= 15 is 0 Å². The van der Waals surface area contributed by atoms with Crippen molar-refractivity contribution in [2.45, 2.75) is 0 Å². The van der Waals surface area contributed by atoms with Gasteiger partial charge in [-0.05, 0) is 12.1 Å². The lowest BCUT2D eigenvalue weighted by atomic mass is 10.1. The van der Waals surface area contributed by atoms with Crippen molar-refractivity contribution in [3.63, 3.8) is 0 Å². The monoisotopic (exact) mass is 305 g/mol. The molecule has 0 radical (unpaired) electrons. The summed E-state index contributed by atoms with van der Waals surface area (Å²) in [6, 6.07) is 4.71. The Morgan fingerprint density at radius 1 is 1.27 bits per heavy atom. The first-order chi connectivity index (χ1) is 10.5. The zero-order valence-electron chi connectivity index (χ0n) is 12.3. The van der Waals surface area contributed by atoms with Crippen LogP contribution in [0.25, 0.3) is 0 Å². The molecule has 8 heteroatoms. The van der Waals surface area contributed by atoms with E-state index in [-0.39, 0.29) is 16.9 Å². The number of aromatic carboxylic acids is 1. The summed E-state index contributed by atoms with van der Waals surface area (Å²) in [5.74, 6) is -0.828. The molecule has 0 aliphatic carbocycles. The molecule has 0 unspecified atom stereocenters. The summed E-state index contributed by atoms with van der Waals surface area (Å²) in [5, 5.41) is 15.5. The highest BCUT2D eigenvalue weighted by Crippen LogP contribution is 2.26. The molecule has 0 saturated heterocycles. The third kappa shape index (κ3) is 2.85. The molecule has 1 heterocycles. The number of nitrogens with one attached hydrogen (secondary N) is 1. The third-order valence-electron chi connectivity index (χ3n) is 3.04. The number of aromatic nitrogens is 2. The molecule has 0 bridgehead atoms. The number of carbonyl (C=O) groups is 2. The normalized spacial score (nSPS) is 10.1. The Labute approximate surface area is 126 Å². The summed E-state index contributed by atoms with van der Waals surface area (Å²) in [6.45, 7) is 0. The smallest absolute Gasteiger partial charge is 0.356 e. The van der Waals surface area contributed by atoms with E-state index in [1.807, 2.05) is 0 Å². The second kappa shape index (κ2) is 6.17. The number of hydrogen-bond donors (Lipinski definition) is 2. The fourth-order valence-corrected chi connectivity index (χ4v) is 1.96. The third-order valence-corrected chi connectivity index (χ3v) is 3.04. The number of rotatable bonds is 5. The predicted molar refractivity (Wildman–Crippen MR) is 77.7 cm³/mol. The molecule has 0 aliphatic heterocycles. The molecule has 2 aromatic rings. The van der Waals surface area contributed by atoms with Crippen LogP contribution in [0.1, 0.15) is 20.8 Å². The molecule has 8 nitrogen and oxygen atoms in total. The maximum Gasteiger partial charge on any atom is 0.356 e. The standard InChI is InChI=1S/C14H15N3O5/c1-17-12(14(19)20)10(7-15-17)16-13(18)9-5-4-8(21-2)6-11(9)22-3/h4-7H,1-3H3,(H,16,18)(H,19,20). The Balaban J connectivity index is 2.32. The van der Waals surface area contributed by atoms with Gasteiger partial charge in [0.25, 0.3) is 5.91 Å². The van der Waals surface area contributed by atoms with Crippen LogP contribution in [0.5, 0.6) is 11.5 Å². The van der Waals surface area contributed by atoms with Gasteiger partial charge in [0.2, 0.25) is 0 Å². The molecular formula is C14H15N3O5. The molecule has 116 valence electrons. The molecule has 0 aliphatic rings. The van der Waals surface area contributed by atoms with Crippen LogP contribution in [0, 0.1) is 0 Å². The van der Waals surface area contributed by atoms with Crippen LogP contribution in [-0.4, -0.2) is 41.0 Å². The molecule has 0 spiro atoms. The number of aryl methyl sites for hydroxylation is 1. The molecule has 2 rings (SSSR count). The van der Waals surface area contributed by atoms with Gasteiger partial charge in [0.05, 0.1) is 31.7 Å².